The minimum Gasteiger partial charge on any atom is -0.327 e. The van der Waals surface area contributed by atoms with Crippen LogP contribution in [0.5, 0.6) is 0 Å². The van der Waals surface area contributed by atoms with Crippen molar-refractivity contribution < 1.29 is 4.79 Å². The lowest BCUT2D eigenvalue weighted by molar-refractivity contribution is -0.117. The van der Waals surface area contributed by atoms with Gasteiger partial charge in [0.2, 0.25) is 5.91 Å². The van der Waals surface area contributed by atoms with Crippen LogP contribution in [0.15, 0.2) is 41.1 Å². The van der Waals surface area contributed by atoms with Crippen LogP contribution < -0.4 is 11.1 Å². The van der Waals surface area contributed by atoms with Gasteiger partial charge in [0.1, 0.15) is 0 Å². The second-order valence-electron chi connectivity index (χ2n) is 6.48. The highest BCUT2D eigenvalue weighted by Crippen LogP contribution is 2.27. The summed E-state index contributed by atoms with van der Waals surface area (Å²) in [6, 6.07) is 8.20. The van der Waals surface area contributed by atoms with E-state index in [1.54, 1.807) is 6.20 Å². The van der Waals surface area contributed by atoms with E-state index >= 15 is 0 Å². The van der Waals surface area contributed by atoms with Crippen LogP contribution in [0.25, 0.3) is 0 Å². The molecule has 0 aliphatic heterocycles. The van der Waals surface area contributed by atoms with Crippen molar-refractivity contribution in [2.45, 2.75) is 44.7 Å². The first-order valence-corrected chi connectivity index (χ1v) is 9.22. The van der Waals surface area contributed by atoms with Crippen molar-refractivity contribution in [3.05, 3.63) is 46.7 Å². The first-order chi connectivity index (χ1) is 11.6. The molecule has 5 nitrogen and oxygen atoms in total. The Kier molecular flexibility index (Phi) is 5.68. The summed E-state index contributed by atoms with van der Waals surface area (Å²) in [7, 11) is 0. The van der Waals surface area contributed by atoms with Crippen LogP contribution in [0, 0.1) is 5.92 Å². The van der Waals surface area contributed by atoms with E-state index in [0.717, 1.165) is 42.4 Å². The molecule has 3 rings (SSSR count). The number of hydrogen-bond donors (Lipinski definition) is 2. The third-order valence-corrected chi connectivity index (χ3v) is 5.04. The molecule has 24 heavy (non-hydrogen) atoms. The fraction of sp³-hybridized carbons (Fsp3) is 0.444. The summed E-state index contributed by atoms with van der Waals surface area (Å²) in [5, 5.41) is 7.22. The number of amides is 1. The van der Waals surface area contributed by atoms with E-state index < -0.39 is 0 Å². The molecule has 3 N–H and O–H groups in total. The van der Waals surface area contributed by atoms with E-state index in [-0.39, 0.29) is 11.9 Å². The Labute approximate surface area is 150 Å². The maximum atomic E-state index is 12.1. The van der Waals surface area contributed by atoms with E-state index in [4.69, 9.17) is 5.73 Å². The quantitative estimate of drug-likeness (QED) is 0.793. The lowest BCUT2D eigenvalue weighted by atomic mass is 10.00. The van der Waals surface area contributed by atoms with E-state index in [1.165, 1.54) is 5.56 Å². The fourth-order valence-corrected chi connectivity index (χ4v) is 3.56. The predicted octanol–water partition coefficient (Wildman–Crippen LogP) is 3.34. The number of halogens is 1. The maximum Gasteiger partial charge on any atom is 0.224 e. The summed E-state index contributed by atoms with van der Waals surface area (Å²) in [5.41, 5.74) is 8.10. The maximum absolute atomic E-state index is 12.1. The molecule has 1 aromatic carbocycles. The zero-order chi connectivity index (χ0) is 16.9. The molecule has 0 spiro atoms. The van der Waals surface area contributed by atoms with Gasteiger partial charge in [-0.25, -0.2) is 0 Å². The summed E-state index contributed by atoms with van der Waals surface area (Å²) in [5.74, 6) is 0.393. The van der Waals surface area contributed by atoms with Crippen molar-refractivity contribution >= 4 is 27.5 Å². The van der Waals surface area contributed by atoms with Gasteiger partial charge in [0.05, 0.1) is 10.7 Å². The average Bonchev–Trinajstić information content (AvgIpc) is 3.15. The predicted molar refractivity (Wildman–Crippen MR) is 98.6 cm³/mol. The van der Waals surface area contributed by atoms with Crippen molar-refractivity contribution in [3.8, 4) is 0 Å². The standard InChI is InChI=1S/C18H23BrN4O/c19-15-11-21-23(12-15)9-8-13-4-6-16(7-5-13)22-18(24)10-14-2-1-3-17(14)20/h4-7,11-12,14,17H,1-3,8-10,20H2,(H,22,24)/t14-,17+/m0/s1. The number of aryl methyl sites for hydroxylation is 2. The molecule has 1 fully saturated rings. The minimum absolute atomic E-state index is 0.0616. The normalized spacial score (nSPS) is 20.2. The molecular weight excluding hydrogens is 368 g/mol. The zero-order valence-corrected chi connectivity index (χ0v) is 15.2. The highest BCUT2D eigenvalue weighted by Gasteiger charge is 2.25. The van der Waals surface area contributed by atoms with Gasteiger partial charge in [0.15, 0.2) is 0 Å². The fourth-order valence-electron chi connectivity index (χ4n) is 3.23. The van der Waals surface area contributed by atoms with Gasteiger partial charge in [0.25, 0.3) is 0 Å². The molecule has 1 saturated carbocycles. The van der Waals surface area contributed by atoms with Gasteiger partial charge in [-0.3, -0.25) is 9.48 Å². The van der Waals surface area contributed by atoms with Gasteiger partial charge in [-0.15, -0.1) is 0 Å². The van der Waals surface area contributed by atoms with Crippen LogP contribution in [-0.2, 0) is 17.8 Å². The average molecular weight is 391 g/mol. The number of aromatic nitrogens is 2. The Bertz CT molecular complexity index is 683. The smallest absolute Gasteiger partial charge is 0.224 e. The molecule has 1 aromatic heterocycles. The van der Waals surface area contributed by atoms with Crippen molar-refractivity contribution in [2.75, 3.05) is 5.32 Å². The first kappa shape index (κ1) is 17.2. The molecule has 0 unspecified atom stereocenters. The molecule has 2 aromatic rings. The largest absolute Gasteiger partial charge is 0.327 e. The van der Waals surface area contributed by atoms with Crippen LogP contribution in [0.4, 0.5) is 5.69 Å². The third kappa shape index (κ3) is 4.68. The van der Waals surface area contributed by atoms with Gasteiger partial charge in [0, 0.05) is 30.9 Å². The van der Waals surface area contributed by atoms with E-state index in [1.807, 2.05) is 23.0 Å². The van der Waals surface area contributed by atoms with Crippen LogP contribution in [0.2, 0.25) is 0 Å². The van der Waals surface area contributed by atoms with Crippen LogP contribution in [0.3, 0.4) is 0 Å². The Morgan fingerprint density at radius 3 is 2.75 bits per heavy atom. The van der Waals surface area contributed by atoms with Crippen LogP contribution >= 0.6 is 15.9 Å². The molecule has 128 valence electrons. The molecule has 1 heterocycles. The topological polar surface area (TPSA) is 72.9 Å². The number of nitrogens with zero attached hydrogens (tertiary/aromatic N) is 2. The van der Waals surface area contributed by atoms with E-state index in [2.05, 4.69) is 38.5 Å². The Balaban J connectivity index is 1.48. The first-order valence-electron chi connectivity index (χ1n) is 8.42. The Morgan fingerprint density at radius 1 is 1.33 bits per heavy atom. The molecular formula is C18H23BrN4O. The van der Waals surface area contributed by atoms with Gasteiger partial charge in [-0.2, -0.15) is 5.10 Å². The number of benzene rings is 1. The summed E-state index contributed by atoms with van der Waals surface area (Å²) in [6.45, 7) is 0.830. The summed E-state index contributed by atoms with van der Waals surface area (Å²) in [6.07, 6.45) is 8.42. The SMILES string of the molecule is N[C@@H]1CCC[C@H]1CC(=O)Nc1ccc(CCn2cc(Br)cn2)cc1. The van der Waals surface area contributed by atoms with Gasteiger partial charge < -0.3 is 11.1 Å². The second-order valence-corrected chi connectivity index (χ2v) is 7.39. The summed E-state index contributed by atoms with van der Waals surface area (Å²) in [4.78, 5) is 12.1. The Hall–Kier alpha value is -1.66. The van der Waals surface area contributed by atoms with E-state index in [9.17, 15) is 4.79 Å². The van der Waals surface area contributed by atoms with Gasteiger partial charge >= 0.3 is 0 Å². The zero-order valence-electron chi connectivity index (χ0n) is 13.6. The third-order valence-electron chi connectivity index (χ3n) is 4.63. The molecule has 2 atom stereocenters. The van der Waals surface area contributed by atoms with E-state index in [0.29, 0.717) is 12.3 Å². The van der Waals surface area contributed by atoms with Crippen molar-refractivity contribution in [1.82, 2.24) is 9.78 Å². The lowest BCUT2D eigenvalue weighted by Crippen LogP contribution is -2.28. The van der Waals surface area contributed by atoms with Crippen molar-refractivity contribution in [2.24, 2.45) is 11.7 Å². The highest BCUT2D eigenvalue weighted by atomic mass is 79.9. The number of anilines is 1. The number of carbonyl (C=O) groups excluding carboxylic acids is 1. The molecule has 6 heteroatoms. The molecule has 1 amide bonds. The molecule has 0 bridgehead atoms. The number of rotatable bonds is 6. The highest BCUT2D eigenvalue weighted by molar-refractivity contribution is 9.10. The monoisotopic (exact) mass is 390 g/mol. The number of hydrogen-bond acceptors (Lipinski definition) is 3. The van der Waals surface area contributed by atoms with Gasteiger partial charge in [-0.1, -0.05) is 18.6 Å². The summed E-state index contributed by atoms with van der Waals surface area (Å²) >= 11 is 3.39. The number of carbonyl (C=O) groups is 1. The number of nitrogens with one attached hydrogen (secondary N) is 1. The van der Waals surface area contributed by atoms with Crippen molar-refractivity contribution in [1.29, 1.82) is 0 Å². The number of nitrogens with two attached hydrogens (primary N) is 1. The molecule has 1 aliphatic rings. The summed E-state index contributed by atoms with van der Waals surface area (Å²) < 4.78 is 2.90. The van der Waals surface area contributed by atoms with Gasteiger partial charge in [-0.05, 0) is 58.8 Å². The van der Waals surface area contributed by atoms with Crippen molar-refractivity contribution in [3.63, 3.8) is 0 Å². The van der Waals surface area contributed by atoms with Crippen LogP contribution in [0.1, 0.15) is 31.2 Å². The molecule has 1 aliphatic carbocycles. The lowest BCUT2D eigenvalue weighted by Gasteiger charge is -2.14. The second kappa shape index (κ2) is 7.94. The minimum atomic E-state index is 0.0616. The Morgan fingerprint density at radius 2 is 2.12 bits per heavy atom. The molecule has 0 radical (unpaired) electrons. The van der Waals surface area contributed by atoms with Crippen LogP contribution in [-0.4, -0.2) is 21.7 Å². The molecule has 0 saturated heterocycles.